The van der Waals surface area contributed by atoms with E-state index >= 15 is 0 Å². The molecule has 1 atom stereocenters. The minimum absolute atomic E-state index is 0.0438. The zero-order chi connectivity index (χ0) is 40.3. The van der Waals surface area contributed by atoms with Gasteiger partial charge >= 0.3 is 6.09 Å². The summed E-state index contributed by atoms with van der Waals surface area (Å²) in [7, 11) is 0. The molecular formula is C46H53N5O7. The minimum atomic E-state index is -0.848. The van der Waals surface area contributed by atoms with Gasteiger partial charge in [-0.1, -0.05) is 66.7 Å². The number of piperidine rings is 1. The number of aromatic amines is 1. The molecule has 1 saturated carbocycles. The Kier molecular flexibility index (Phi) is 13.7. The highest BCUT2D eigenvalue weighted by Gasteiger charge is 2.26. The lowest BCUT2D eigenvalue weighted by Gasteiger charge is -2.34. The number of ether oxygens (including phenoxy) is 2. The molecule has 1 unspecified atom stereocenters. The third kappa shape index (κ3) is 11.0. The van der Waals surface area contributed by atoms with E-state index in [1.807, 2.05) is 78.9 Å². The van der Waals surface area contributed by atoms with E-state index in [9.17, 15) is 24.6 Å². The molecule has 12 nitrogen and oxygen atoms in total. The maximum Gasteiger partial charge on any atom is 0.411 e. The van der Waals surface area contributed by atoms with Gasteiger partial charge in [0.15, 0.2) is 6.61 Å². The lowest BCUT2D eigenvalue weighted by molar-refractivity contribution is -0.124. The van der Waals surface area contributed by atoms with Gasteiger partial charge < -0.3 is 40.2 Å². The zero-order valence-electron chi connectivity index (χ0n) is 32.7. The molecule has 2 heterocycles. The Morgan fingerprint density at radius 1 is 0.845 bits per heavy atom. The fraction of sp³-hybridized carbons (Fsp3) is 0.370. The lowest BCUT2D eigenvalue weighted by Crippen LogP contribution is -2.41. The molecule has 304 valence electrons. The molecule has 6 N–H and O–H groups in total. The van der Waals surface area contributed by atoms with Gasteiger partial charge in [-0.25, -0.2) is 4.79 Å². The molecule has 58 heavy (non-hydrogen) atoms. The summed E-state index contributed by atoms with van der Waals surface area (Å²) in [5.41, 5.74) is 4.32. The van der Waals surface area contributed by atoms with Crippen molar-refractivity contribution in [3.8, 4) is 22.6 Å². The number of aromatic hydroxyl groups is 1. The van der Waals surface area contributed by atoms with Gasteiger partial charge in [-0.05, 0) is 104 Å². The largest absolute Gasteiger partial charge is 0.506 e. The molecule has 1 aliphatic heterocycles. The van der Waals surface area contributed by atoms with Crippen LogP contribution in [0.5, 0.6) is 11.5 Å². The maximum atomic E-state index is 12.8. The molecule has 12 heteroatoms. The van der Waals surface area contributed by atoms with Crippen molar-refractivity contribution in [2.45, 2.75) is 69.7 Å². The highest BCUT2D eigenvalue weighted by atomic mass is 16.6. The van der Waals surface area contributed by atoms with Crippen LogP contribution >= 0.6 is 0 Å². The van der Waals surface area contributed by atoms with E-state index in [-0.39, 0.29) is 42.5 Å². The highest BCUT2D eigenvalue weighted by Crippen LogP contribution is 2.31. The van der Waals surface area contributed by atoms with Gasteiger partial charge in [0, 0.05) is 49.2 Å². The first-order chi connectivity index (χ1) is 28.3. The number of nitrogens with one attached hydrogen (secondary N) is 4. The number of aliphatic hydroxyl groups excluding tert-OH is 1. The van der Waals surface area contributed by atoms with Gasteiger partial charge in [0.25, 0.3) is 5.91 Å². The number of hydrogen-bond donors (Lipinski definition) is 6. The van der Waals surface area contributed by atoms with Crippen LogP contribution in [-0.4, -0.2) is 77.0 Å². The number of nitrogens with zero attached hydrogens (tertiary/aromatic N) is 1. The second kappa shape index (κ2) is 19.6. The first-order valence-electron chi connectivity index (χ1n) is 20.4. The number of rotatable bonds is 15. The monoisotopic (exact) mass is 787 g/mol. The standard InChI is InChI=1S/C46H53N5O7/c52-41-20-18-38(39-19-21-43(54)50-45(39)41)42(53)29-47-28-32-12-16-35(17-13-32)57-30-44(55)48-34-14-10-31(11-15-34)22-25-51-26-23-36(24-27-51)58-46(56)49-40-9-5-4-8-37(40)33-6-2-1-3-7-33/h1-9,12-13,16-21,31,34,36,42,47,52-53H,10-11,14-15,22-30H2,(H,48,55)(H,49,56)(H,50,54). The summed E-state index contributed by atoms with van der Waals surface area (Å²) in [6.07, 6.45) is 5.56. The van der Waals surface area contributed by atoms with E-state index in [1.165, 1.54) is 12.1 Å². The number of carbonyl (C=O) groups excluding carboxylic acids is 2. The van der Waals surface area contributed by atoms with Crippen molar-refractivity contribution < 1.29 is 29.3 Å². The molecule has 2 aliphatic rings. The fourth-order valence-corrected chi connectivity index (χ4v) is 8.10. The molecule has 7 rings (SSSR count). The molecule has 1 aliphatic carbocycles. The number of fused-ring (bicyclic) bond motifs is 1. The number of H-pyrrole nitrogens is 1. The van der Waals surface area contributed by atoms with Gasteiger partial charge in [-0.3, -0.25) is 14.9 Å². The normalized spacial score (nSPS) is 18.0. The van der Waals surface area contributed by atoms with Crippen LogP contribution in [0.15, 0.2) is 108 Å². The fourth-order valence-electron chi connectivity index (χ4n) is 8.10. The van der Waals surface area contributed by atoms with Crippen LogP contribution in [0.1, 0.15) is 62.2 Å². The Hall–Kier alpha value is -5.69. The maximum absolute atomic E-state index is 12.8. The average molecular weight is 788 g/mol. The van der Waals surface area contributed by atoms with Crippen molar-refractivity contribution >= 4 is 28.6 Å². The molecular weight excluding hydrogens is 735 g/mol. The van der Waals surface area contributed by atoms with Gasteiger partial charge in [0.1, 0.15) is 17.6 Å². The molecule has 0 bridgehead atoms. The summed E-state index contributed by atoms with van der Waals surface area (Å²) in [6.45, 7) is 3.60. The van der Waals surface area contributed by atoms with E-state index in [0.29, 0.717) is 34.7 Å². The Morgan fingerprint density at radius 2 is 1.59 bits per heavy atom. The predicted octanol–water partition coefficient (Wildman–Crippen LogP) is 6.88. The smallest absolute Gasteiger partial charge is 0.411 e. The van der Waals surface area contributed by atoms with Crippen molar-refractivity contribution in [1.29, 1.82) is 0 Å². The van der Waals surface area contributed by atoms with Crippen molar-refractivity contribution in [2.24, 2.45) is 5.92 Å². The van der Waals surface area contributed by atoms with Crippen molar-refractivity contribution in [3.63, 3.8) is 0 Å². The third-order valence-electron chi connectivity index (χ3n) is 11.3. The van der Waals surface area contributed by atoms with Gasteiger partial charge in [0.05, 0.1) is 17.3 Å². The zero-order valence-corrected chi connectivity index (χ0v) is 32.7. The van der Waals surface area contributed by atoms with Crippen molar-refractivity contribution in [2.75, 3.05) is 38.1 Å². The Bertz CT molecular complexity index is 2180. The van der Waals surface area contributed by atoms with E-state index in [0.717, 1.165) is 87.0 Å². The summed E-state index contributed by atoms with van der Waals surface area (Å²) in [5.74, 6) is 1.09. The number of phenolic OH excluding ortho intramolecular Hbond substituents is 1. The van der Waals surface area contributed by atoms with Crippen molar-refractivity contribution in [1.82, 2.24) is 20.5 Å². The molecule has 0 spiro atoms. The first kappa shape index (κ1) is 40.5. The quantitative estimate of drug-likeness (QED) is 0.0664. The molecule has 4 aromatic carbocycles. The molecule has 1 saturated heterocycles. The summed E-state index contributed by atoms with van der Waals surface area (Å²) in [6, 6.07) is 31.5. The molecule has 5 aromatic rings. The van der Waals surface area contributed by atoms with Crippen LogP contribution in [-0.2, 0) is 16.1 Å². The van der Waals surface area contributed by atoms with Gasteiger partial charge in [0.2, 0.25) is 5.56 Å². The number of carbonyl (C=O) groups is 2. The number of pyridine rings is 1. The third-order valence-corrected chi connectivity index (χ3v) is 11.3. The van der Waals surface area contributed by atoms with Crippen LogP contribution in [0.4, 0.5) is 10.5 Å². The van der Waals surface area contributed by atoms with E-state index < -0.39 is 12.2 Å². The topological polar surface area (TPSA) is 165 Å². The van der Waals surface area contributed by atoms with E-state index in [2.05, 4.69) is 25.8 Å². The molecule has 2 amide bonds. The van der Waals surface area contributed by atoms with Crippen LogP contribution in [0, 0.1) is 5.92 Å². The van der Waals surface area contributed by atoms with Crippen LogP contribution in [0.3, 0.4) is 0 Å². The van der Waals surface area contributed by atoms with Crippen LogP contribution in [0.25, 0.3) is 22.0 Å². The summed E-state index contributed by atoms with van der Waals surface area (Å²) in [4.78, 5) is 42.3. The number of benzene rings is 4. The minimum Gasteiger partial charge on any atom is -0.506 e. The Morgan fingerprint density at radius 3 is 2.36 bits per heavy atom. The number of aliphatic hydroxyl groups is 1. The van der Waals surface area contributed by atoms with Crippen LogP contribution < -0.4 is 26.2 Å². The van der Waals surface area contributed by atoms with E-state index in [1.54, 1.807) is 12.1 Å². The number of hydrogen-bond acceptors (Lipinski definition) is 9. The average Bonchev–Trinajstić information content (AvgIpc) is 3.24. The van der Waals surface area contributed by atoms with Crippen molar-refractivity contribution in [3.05, 3.63) is 125 Å². The number of anilines is 1. The SMILES string of the molecule is O=C(COc1ccc(CNCC(O)c2ccc(O)c3[nH]c(=O)ccc23)cc1)NC1CCC(CCN2CCC(OC(=O)Nc3ccccc3-c3ccccc3)CC2)CC1. The van der Waals surface area contributed by atoms with Gasteiger partial charge in [-0.15, -0.1) is 0 Å². The molecule has 0 radical (unpaired) electrons. The number of aromatic nitrogens is 1. The Labute approximate surface area is 338 Å². The second-order valence-electron chi connectivity index (χ2n) is 15.4. The van der Waals surface area contributed by atoms with Crippen LogP contribution in [0.2, 0.25) is 0 Å². The van der Waals surface area contributed by atoms with Gasteiger partial charge in [-0.2, -0.15) is 0 Å². The Balaban J connectivity index is 0.742. The summed E-state index contributed by atoms with van der Waals surface area (Å²) >= 11 is 0. The first-order valence-corrected chi connectivity index (χ1v) is 20.4. The van der Waals surface area contributed by atoms with E-state index in [4.69, 9.17) is 9.47 Å². The lowest BCUT2D eigenvalue weighted by atomic mass is 9.84. The summed E-state index contributed by atoms with van der Waals surface area (Å²) in [5, 5.41) is 30.9. The number of likely N-dealkylation sites (tertiary alicyclic amines) is 1. The highest BCUT2D eigenvalue weighted by molar-refractivity contribution is 5.91. The number of para-hydroxylation sites is 1. The molecule has 2 fully saturated rings. The summed E-state index contributed by atoms with van der Waals surface area (Å²) < 4.78 is 11.6. The second-order valence-corrected chi connectivity index (χ2v) is 15.4. The predicted molar refractivity (Wildman–Crippen MR) is 225 cm³/mol. The number of phenols is 1. The molecule has 1 aromatic heterocycles. The number of amides is 2.